The lowest BCUT2D eigenvalue weighted by molar-refractivity contribution is -0.121. The van der Waals surface area contributed by atoms with E-state index in [0.717, 1.165) is 13.1 Å². The lowest BCUT2D eigenvalue weighted by Gasteiger charge is -2.15. The molecule has 1 amide bonds. The average Bonchev–Trinajstić information content (AvgIpc) is 2.95. The van der Waals surface area contributed by atoms with Crippen molar-refractivity contribution in [1.82, 2.24) is 10.2 Å². The van der Waals surface area contributed by atoms with Crippen molar-refractivity contribution in [3.05, 3.63) is 0 Å². The van der Waals surface area contributed by atoms with Crippen molar-refractivity contribution < 1.29 is 4.79 Å². The first kappa shape index (κ1) is 11.5. The van der Waals surface area contributed by atoms with Crippen molar-refractivity contribution in [2.24, 2.45) is 0 Å². The van der Waals surface area contributed by atoms with Crippen LogP contribution in [-0.4, -0.2) is 37.0 Å². The first-order valence-electron chi connectivity index (χ1n) is 5.70. The number of rotatable bonds is 7. The summed E-state index contributed by atoms with van der Waals surface area (Å²) in [6.07, 6.45) is 5.45. The van der Waals surface area contributed by atoms with Gasteiger partial charge >= 0.3 is 0 Å². The molecule has 1 aliphatic rings. The van der Waals surface area contributed by atoms with Crippen molar-refractivity contribution in [3.63, 3.8) is 0 Å². The third kappa shape index (κ3) is 5.22. The zero-order chi connectivity index (χ0) is 10.4. The Balaban J connectivity index is 1.97. The van der Waals surface area contributed by atoms with Crippen LogP contribution in [0.4, 0.5) is 0 Å². The van der Waals surface area contributed by atoms with Crippen LogP contribution in [0.2, 0.25) is 0 Å². The molecule has 0 unspecified atom stereocenters. The largest absolute Gasteiger partial charge is 0.353 e. The van der Waals surface area contributed by atoms with Crippen LogP contribution >= 0.6 is 0 Å². The second kappa shape index (κ2) is 6.02. The molecular weight excluding hydrogens is 176 g/mol. The van der Waals surface area contributed by atoms with Crippen LogP contribution in [0.25, 0.3) is 0 Å². The van der Waals surface area contributed by atoms with Gasteiger partial charge in [-0.15, -0.1) is 0 Å². The third-order valence-electron chi connectivity index (χ3n) is 2.56. The van der Waals surface area contributed by atoms with E-state index in [-0.39, 0.29) is 5.91 Å². The van der Waals surface area contributed by atoms with Crippen molar-refractivity contribution in [2.75, 3.05) is 20.1 Å². The SMILES string of the molecule is CCCCN(C)CCC(=O)NC1CC1. The minimum Gasteiger partial charge on any atom is -0.353 e. The van der Waals surface area contributed by atoms with E-state index in [1.807, 2.05) is 0 Å². The second-order valence-corrected chi connectivity index (χ2v) is 4.25. The molecule has 1 rings (SSSR count). The molecule has 1 N–H and O–H groups in total. The van der Waals surface area contributed by atoms with Gasteiger partial charge < -0.3 is 10.2 Å². The van der Waals surface area contributed by atoms with Gasteiger partial charge in [-0.3, -0.25) is 4.79 Å². The molecule has 0 aromatic heterocycles. The van der Waals surface area contributed by atoms with Crippen LogP contribution in [0.5, 0.6) is 0 Å². The Morgan fingerprint density at radius 2 is 2.14 bits per heavy atom. The van der Waals surface area contributed by atoms with Gasteiger partial charge in [0, 0.05) is 19.0 Å². The molecule has 0 heterocycles. The number of unbranched alkanes of at least 4 members (excludes halogenated alkanes) is 1. The molecule has 0 spiro atoms. The number of nitrogens with one attached hydrogen (secondary N) is 1. The molecule has 1 fully saturated rings. The molecule has 0 bridgehead atoms. The zero-order valence-corrected chi connectivity index (χ0v) is 9.38. The van der Waals surface area contributed by atoms with E-state index >= 15 is 0 Å². The monoisotopic (exact) mass is 198 g/mol. The number of hydrogen-bond donors (Lipinski definition) is 1. The summed E-state index contributed by atoms with van der Waals surface area (Å²) in [5, 5.41) is 3.00. The molecular formula is C11H22N2O. The van der Waals surface area contributed by atoms with Crippen LogP contribution in [-0.2, 0) is 4.79 Å². The van der Waals surface area contributed by atoms with E-state index in [1.54, 1.807) is 0 Å². The van der Waals surface area contributed by atoms with Gasteiger partial charge in [0.05, 0.1) is 0 Å². The Labute approximate surface area is 86.9 Å². The summed E-state index contributed by atoms with van der Waals surface area (Å²) < 4.78 is 0. The average molecular weight is 198 g/mol. The van der Waals surface area contributed by atoms with E-state index in [9.17, 15) is 4.79 Å². The molecule has 14 heavy (non-hydrogen) atoms. The van der Waals surface area contributed by atoms with Gasteiger partial charge in [-0.2, -0.15) is 0 Å². The van der Waals surface area contributed by atoms with Gasteiger partial charge in [0.25, 0.3) is 0 Å². The van der Waals surface area contributed by atoms with Crippen LogP contribution in [0.1, 0.15) is 39.0 Å². The standard InChI is InChI=1S/C11H22N2O/c1-3-4-8-13(2)9-7-11(14)12-10-5-6-10/h10H,3-9H2,1-2H3,(H,12,14). The highest BCUT2D eigenvalue weighted by Crippen LogP contribution is 2.18. The maximum atomic E-state index is 11.3. The number of nitrogens with zero attached hydrogens (tertiary/aromatic N) is 1. The Morgan fingerprint density at radius 3 is 2.71 bits per heavy atom. The Morgan fingerprint density at radius 1 is 1.43 bits per heavy atom. The third-order valence-corrected chi connectivity index (χ3v) is 2.56. The Hall–Kier alpha value is -0.570. The predicted molar refractivity (Wildman–Crippen MR) is 58.2 cm³/mol. The predicted octanol–water partition coefficient (Wildman–Crippen LogP) is 1.39. The Kier molecular flexibility index (Phi) is 4.94. The van der Waals surface area contributed by atoms with Crippen molar-refractivity contribution >= 4 is 5.91 Å². The molecule has 0 aromatic rings. The molecule has 0 radical (unpaired) electrons. The van der Waals surface area contributed by atoms with E-state index in [1.165, 1.54) is 25.7 Å². The van der Waals surface area contributed by atoms with Gasteiger partial charge in [-0.1, -0.05) is 13.3 Å². The maximum absolute atomic E-state index is 11.3. The van der Waals surface area contributed by atoms with Crippen molar-refractivity contribution in [2.45, 2.75) is 45.1 Å². The van der Waals surface area contributed by atoms with E-state index in [2.05, 4.69) is 24.2 Å². The smallest absolute Gasteiger partial charge is 0.221 e. The molecule has 1 saturated carbocycles. The molecule has 82 valence electrons. The minimum absolute atomic E-state index is 0.218. The van der Waals surface area contributed by atoms with E-state index in [4.69, 9.17) is 0 Å². The molecule has 0 aliphatic heterocycles. The molecule has 3 nitrogen and oxygen atoms in total. The zero-order valence-electron chi connectivity index (χ0n) is 9.38. The lowest BCUT2D eigenvalue weighted by atomic mass is 10.3. The van der Waals surface area contributed by atoms with Gasteiger partial charge in [-0.05, 0) is 32.9 Å². The number of carbonyl (C=O) groups is 1. The van der Waals surface area contributed by atoms with Crippen LogP contribution < -0.4 is 5.32 Å². The number of carbonyl (C=O) groups excluding carboxylic acids is 1. The Bertz CT molecular complexity index is 178. The normalized spacial score (nSPS) is 15.9. The summed E-state index contributed by atoms with van der Waals surface area (Å²) in [5.41, 5.74) is 0. The summed E-state index contributed by atoms with van der Waals surface area (Å²) in [5.74, 6) is 0.218. The quantitative estimate of drug-likeness (QED) is 0.670. The van der Waals surface area contributed by atoms with E-state index in [0.29, 0.717) is 12.5 Å². The summed E-state index contributed by atoms with van der Waals surface area (Å²) in [7, 11) is 2.08. The summed E-state index contributed by atoms with van der Waals surface area (Å²) in [6.45, 7) is 4.18. The van der Waals surface area contributed by atoms with E-state index < -0.39 is 0 Å². The fourth-order valence-corrected chi connectivity index (χ4v) is 1.36. The van der Waals surface area contributed by atoms with Crippen molar-refractivity contribution in [3.8, 4) is 0 Å². The molecule has 1 aliphatic carbocycles. The van der Waals surface area contributed by atoms with Crippen LogP contribution in [0, 0.1) is 0 Å². The molecule has 0 saturated heterocycles. The van der Waals surface area contributed by atoms with Crippen LogP contribution in [0.3, 0.4) is 0 Å². The topological polar surface area (TPSA) is 32.3 Å². The highest BCUT2D eigenvalue weighted by molar-refractivity contribution is 5.76. The van der Waals surface area contributed by atoms with Gasteiger partial charge in [0.15, 0.2) is 0 Å². The fraction of sp³-hybridized carbons (Fsp3) is 0.909. The first-order valence-corrected chi connectivity index (χ1v) is 5.70. The van der Waals surface area contributed by atoms with Crippen molar-refractivity contribution in [1.29, 1.82) is 0 Å². The number of amides is 1. The molecule has 3 heteroatoms. The summed E-state index contributed by atoms with van der Waals surface area (Å²) in [6, 6.07) is 0.503. The highest BCUT2D eigenvalue weighted by Gasteiger charge is 2.22. The summed E-state index contributed by atoms with van der Waals surface area (Å²) >= 11 is 0. The van der Waals surface area contributed by atoms with Gasteiger partial charge in [0.2, 0.25) is 5.91 Å². The fourth-order valence-electron chi connectivity index (χ4n) is 1.36. The first-order chi connectivity index (χ1) is 6.72. The lowest BCUT2D eigenvalue weighted by Crippen LogP contribution is -2.30. The van der Waals surface area contributed by atoms with Crippen LogP contribution in [0.15, 0.2) is 0 Å². The van der Waals surface area contributed by atoms with Gasteiger partial charge in [-0.25, -0.2) is 0 Å². The maximum Gasteiger partial charge on any atom is 0.221 e. The number of hydrogen-bond acceptors (Lipinski definition) is 2. The van der Waals surface area contributed by atoms with Gasteiger partial charge in [0.1, 0.15) is 0 Å². The molecule has 0 atom stereocenters. The summed E-state index contributed by atoms with van der Waals surface area (Å²) in [4.78, 5) is 13.6. The second-order valence-electron chi connectivity index (χ2n) is 4.25. The molecule has 0 aromatic carbocycles. The minimum atomic E-state index is 0.218. The highest BCUT2D eigenvalue weighted by atomic mass is 16.1.